The summed E-state index contributed by atoms with van der Waals surface area (Å²) >= 11 is 0. The molecule has 0 saturated heterocycles. The largest absolute Gasteiger partial charge is 0.497 e. The smallest absolute Gasteiger partial charge is 0.182 e. The SMILES string of the molecule is COc1ccc([C@@H]2C[C@@H]3C(S(=O)(=O)c4ccc(C)cc4)[C@H](c4cccc5ccccc45)CC(=O)[C@@H]3CC2S(=O)(=O)c2ccccc2)cc1. The van der Waals surface area contributed by atoms with Gasteiger partial charge in [0.2, 0.25) is 0 Å². The Hall–Kier alpha value is -4.27. The first-order valence-electron chi connectivity index (χ1n) is 16.3. The van der Waals surface area contributed by atoms with Crippen molar-refractivity contribution in [2.75, 3.05) is 7.11 Å². The molecular formula is C40H38O6S2. The van der Waals surface area contributed by atoms with Gasteiger partial charge in [0, 0.05) is 24.2 Å². The van der Waals surface area contributed by atoms with E-state index in [1.165, 1.54) is 0 Å². The summed E-state index contributed by atoms with van der Waals surface area (Å²) in [6.45, 7) is 1.92. The third-order valence-electron chi connectivity index (χ3n) is 10.6. The number of hydrogen-bond acceptors (Lipinski definition) is 6. The molecule has 0 N–H and O–H groups in total. The first-order valence-corrected chi connectivity index (χ1v) is 19.4. The van der Waals surface area contributed by atoms with Crippen molar-refractivity contribution in [3.05, 3.63) is 138 Å². The number of carbonyl (C=O) groups is 1. The molecule has 6 nitrogen and oxygen atoms in total. The molecule has 0 amide bonds. The lowest BCUT2D eigenvalue weighted by atomic mass is 9.61. The van der Waals surface area contributed by atoms with Crippen LogP contribution in [0, 0.1) is 18.8 Å². The molecule has 0 aromatic heterocycles. The summed E-state index contributed by atoms with van der Waals surface area (Å²) in [6.07, 6.45) is 0.312. The lowest BCUT2D eigenvalue weighted by molar-refractivity contribution is -0.128. The molecule has 0 bridgehead atoms. The van der Waals surface area contributed by atoms with Crippen LogP contribution >= 0.6 is 0 Å². The van der Waals surface area contributed by atoms with Gasteiger partial charge >= 0.3 is 0 Å². The van der Waals surface area contributed by atoms with E-state index in [2.05, 4.69) is 0 Å². The van der Waals surface area contributed by atoms with Crippen LogP contribution in [0.2, 0.25) is 0 Å². The van der Waals surface area contributed by atoms with Gasteiger partial charge in [-0.15, -0.1) is 0 Å². The summed E-state index contributed by atoms with van der Waals surface area (Å²) in [6, 6.07) is 36.3. The van der Waals surface area contributed by atoms with Crippen LogP contribution in [0.4, 0.5) is 0 Å². The maximum Gasteiger partial charge on any atom is 0.182 e. The normalized spacial score (nSPS) is 24.6. The first kappa shape index (κ1) is 32.3. The number of benzene rings is 5. The monoisotopic (exact) mass is 678 g/mol. The van der Waals surface area contributed by atoms with Crippen molar-refractivity contribution in [3.63, 3.8) is 0 Å². The number of sulfone groups is 2. The van der Waals surface area contributed by atoms with Crippen LogP contribution < -0.4 is 4.74 Å². The highest BCUT2D eigenvalue weighted by atomic mass is 32.2. The molecule has 48 heavy (non-hydrogen) atoms. The molecule has 5 aromatic carbocycles. The molecule has 2 unspecified atom stereocenters. The Kier molecular flexibility index (Phi) is 8.50. The highest BCUT2D eigenvalue weighted by Crippen LogP contribution is 2.54. The summed E-state index contributed by atoms with van der Waals surface area (Å²) in [7, 11) is -6.29. The third-order valence-corrected chi connectivity index (χ3v) is 15.1. The highest BCUT2D eigenvalue weighted by molar-refractivity contribution is 7.92. The van der Waals surface area contributed by atoms with E-state index in [4.69, 9.17) is 4.74 Å². The van der Waals surface area contributed by atoms with Gasteiger partial charge in [-0.2, -0.15) is 0 Å². The predicted octanol–water partition coefficient (Wildman–Crippen LogP) is 7.71. The van der Waals surface area contributed by atoms with Crippen LogP contribution in [0.3, 0.4) is 0 Å². The van der Waals surface area contributed by atoms with Crippen molar-refractivity contribution >= 4 is 36.2 Å². The number of aryl methyl sites for hydroxylation is 1. The standard InChI is InChI=1S/C40H38O6S2/c1-26-15-21-31(22-16-26)48(44,45)40-36-23-34(28-17-19-29(46-2)20-18-28)39(47(42,43)30-11-4-3-5-12-30)25-35(36)38(41)24-37(40)33-14-8-10-27-9-6-7-13-32(27)33/h3-22,34-37,39-40H,23-25H2,1-2H3/t34-,35+,36-,37-,39?,40?/m0/s1. The minimum Gasteiger partial charge on any atom is -0.497 e. The van der Waals surface area contributed by atoms with Crippen molar-refractivity contribution in [2.24, 2.45) is 11.8 Å². The van der Waals surface area contributed by atoms with Crippen LogP contribution in [-0.2, 0) is 24.5 Å². The summed E-state index contributed by atoms with van der Waals surface area (Å²) in [5.41, 5.74) is 2.56. The number of ketones is 1. The van der Waals surface area contributed by atoms with E-state index >= 15 is 0 Å². The molecule has 2 saturated carbocycles. The molecule has 7 rings (SSSR count). The molecule has 0 spiro atoms. The molecule has 2 aliphatic rings. The molecule has 2 aliphatic carbocycles. The van der Waals surface area contributed by atoms with E-state index in [9.17, 15) is 21.6 Å². The Bertz CT molecular complexity index is 2170. The number of methoxy groups -OCH3 is 1. The van der Waals surface area contributed by atoms with Gasteiger partial charge in [-0.3, -0.25) is 4.79 Å². The summed E-state index contributed by atoms with van der Waals surface area (Å²) in [5.74, 6) is -1.91. The zero-order valence-electron chi connectivity index (χ0n) is 26.9. The van der Waals surface area contributed by atoms with Crippen molar-refractivity contribution in [1.82, 2.24) is 0 Å². The van der Waals surface area contributed by atoms with Crippen LogP contribution in [-0.4, -0.2) is 40.2 Å². The summed E-state index contributed by atoms with van der Waals surface area (Å²) in [5, 5.41) is 0.0578. The maximum absolute atomic E-state index is 15.0. The molecular weight excluding hydrogens is 641 g/mol. The van der Waals surface area contributed by atoms with Crippen LogP contribution in [0.1, 0.15) is 47.8 Å². The number of hydrogen-bond donors (Lipinski definition) is 0. The van der Waals surface area contributed by atoms with Crippen molar-refractivity contribution < 1.29 is 26.4 Å². The molecule has 6 atom stereocenters. The molecule has 8 heteroatoms. The minimum absolute atomic E-state index is 0.0240. The Morgan fingerprint density at radius 2 is 1.27 bits per heavy atom. The van der Waals surface area contributed by atoms with E-state index < -0.39 is 53.8 Å². The summed E-state index contributed by atoms with van der Waals surface area (Å²) in [4.78, 5) is 14.8. The molecule has 0 radical (unpaired) electrons. The number of ether oxygens (including phenoxy) is 1. The van der Waals surface area contributed by atoms with Gasteiger partial charge in [-0.1, -0.05) is 90.5 Å². The van der Waals surface area contributed by atoms with E-state index in [1.54, 1.807) is 73.8 Å². The van der Waals surface area contributed by atoms with Gasteiger partial charge in [-0.05, 0) is 84.0 Å². The molecule has 246 valence electrons. The van der Waals surface area contributed by atoms with Crippen LogP contribution in [0.5, 0.6) is 5.75 Å². The lowest BCUT2D eigenvalue weighted by Gasteiger charge is -2.48. The fraction of sp³-hybridized carbons (Fsp3) is 0.275. The van der Waals surface area contributed by atoms with Gasteiger partial charge in [0.1, 0.15) is 11.5 Å². The molecule has 0 aliphatic heterocycles. The van der Waals surface area contributed by atoms with Gasteiger partial charge < -0.3 is 4.74 Å². The van der Waals surface area contributed by atoms with Crippen molar-refractivity contribution in [1.29, 1.82) is 0 Å². The van der Waals surface area contributed by atoms with E-state index in [-0.39, 0.29) is 34.8 Å². The number of carbonyl (C=O) groups excluding carboxylic acids is 1. The Morgan fingerprint density at radius 3 is 1.98 bits per heavy atom. The summed E-state index contributed by atoms with van der Waals surface area (Å²) < 4.78 is 64.1. The van der Waals surface area contributed by atoms with Crippen LogP contribution in [0.25, 0.3) is 10.8 Å². The van der Waals surface area contributed by atoms with E-state index in [1.807, 2.05) is 61.5 Å². The first-order chi connectivity index (χ1) is 23.1. The van der Waals surface area contributed by atoms with Gasteiger partial charge in [0.25, 0.3) is 0 Å². The minimum atomic E-state index is -3.98. The molecule has 0 heterocycles. The lowest BCUT2D eigenvalue weighted by Crippen LogP contribution is -2.53. The predicted molar refractivity (Wildman–Crippen MR) is 188 cm³/mol. The van der Waals surface area contributed by atoms with Gasteiger partial charge in [0.05, 0.1) is 27.4 Å². The highest BCUT2D eigenvalue weighted by Gasteiger charge is 2.56. The Morgan fingerprint density at radius 1 is 0.625 bits per heavy atom. The fourth-order valence-electron chi connectivity index (χ4n) is 8.24. The average Bonchev–Trinajstić information content (AvgIpc) is 3.11. The van der Waals surface area contributed by atoms with Crippen LogP contribution in [0.15, 0.2) is 131 Å². The maximum atomic E-state index is 15.0. The van der Waals surface area contributed by atoms with E-state index in [0.29, 0.717) is 5.75 Å². The third kappa shape index (κ3) is 5.65. The Labute approximate surface area is 282 Å². The topological polar surface area (TPSA) is 94.6 Å². The Balaban J connectivity index is 1.41. The second-order valence-corrected chi connectivity index (χ2v) is 17.5. The zero-order chi connectivity index (χ0) is 33.6. The zero-order valence-corrected chi connectivity index (χ0v) is 28.5. The average molecular weight is 679 g/mol. The number of Topliss-reactive ketones (excluding diaryl/α,β-unsaturated/α-hetero) is 1. The quantitative estimate of drug-likeness (QED) is 0.175. The van der Waals surface area contributed by atoms with Gasteiger partial charge in [0.15, 0.2) is 19.7 Å². The second kappa shape index (κ2) is 12.6. The molecule has 5 aromatic rings. The number of fused-ring (bicyclic) bond motifs is 2. The molecule has 2 fully saturated rings. The number of rotatable bonds is 7. The van der Waals surface area contributed by atoms with Gasteiger partial charge in [-0.25, -0.2) is 16.8 Å². The second-order valence-electron chi connectivity index (χ2n) is 13.2. The van der Waals surface area contributed by atoms with Crippen molar-refractivity contribution in [3.8, 4) is 5.75 Å². The van der Waals surface area contributed by atoms with E-state index in [0.717, 1.165) is 27.5 Å². The fourth-order valence-corrected chi connectivity index (χ4v) is 12.6. The van der Waals surface area contributed by atoms with Crippen molar-refractivity contribution in [2.45, 2.75) is 58.3 Å².